The fraction of sp³-hybridized carbons (Fsp3) is 0.474. The quantitative estimate of drug-likeness (QED) is 0.629. The summed E-state index contributed by atoms with van der Waals surface area (Å²) >= 11 is 3.23. The van der Waals surface area contributed by atoms with Gasteiger partial charge in [-0.1, -0.05) is 15.9 Å². The van der Waals surface area contributed by atoms with Crippen LogP contribution in [-0.4, -0.2) is 39.4 Å². The molecule has 146 valence electrons. The van der Waals surface area contributed by atoms with Crippen molar-refractivity contribution in [3.63, 3.8) is 0 Å². The summed E-state index contributed by atoms with van der Waals surface area (Å²) in [6, 6.07) is 4.95. The summed E-state index contributed by atoms with van der Waals surface area (Å²) in [5, 5.41) is 0.180. The van der Waals surface area contributed by atoms with Gasteiger partial charge in [-0.05, 0) is 51.3 Å². The van der Waals surface area contributed by atoms with Crippen molar-refractivity contribution in [2.45, 2.75) is 57.9 Å². The lowest BCUT2D eigenvalue weighted by atomic mass is 9.97. The molecule has 1 aliphatic heterocycles. The molecule has 2 atom stereocenters. The average molecular weight is 445 g/mol. The van der Waals surface area contributed by atoms with Crippen molar-refractivity contribution in [3.8, 4) is 0 Å². The van der Waals surface area contributed by atoms with Crippen LogP contribution >= 0.6 is 15.9 Å². The van der Waals surface area contributed by atoms with E-state index in [0.717, 1.165) is 25.5 Å². The third kappa shape index (κ3) is 3.90. The second-order valence-electron chi connectivity index (χ2n) is 7.09. The van der Waals surface area contributed by atoms with Crippen LogP contribution in [0, 0.1) is 0 Å². The van der Waals surface area contributed by atoms with Crippen molar-refractivity contribution in [2.24, 2.45) is 0 Å². The molecule has 0 saturated carbocycles. The van der Waals surface area contributed by atoms with Gasteiger partial charge in [-0.2, -0.15) is 13.2 Å². The molecule has 2 heterocycles. The number of piperidine rings is 1. The molecule has 3 rings (SSSR count). The van der Waals surface area contributed by atoms with Crippen molar-refractivity contribution in [1.29, 1.82) is 0 Å². The molecular formula is C19H20BrF3N2O2. The van der Waals surface area contributed by atoms with Gasteiger partial charge in [0.05, 0.1) is 5.56 Å². The Morgan fingerprint density at radius 1 is 1.19 bits per heavy atom. The van der Waals surface area contributed by atoms with Crippen LogP contribution in [0.2, 0.25) is 0 Å². The number of halogens is 4. The molecule has 0 radical (unpaired) electrons. The minimum atomic E-state index is -4.97. The van der Waals surface area contributed by atoms with Gasteiger partial charge in [0.1, 0.15) is 6.54 Å². The first-order valence-electron chi connectivity index (χ1n) is 8.80. The van der Waals surface area contributed by atoms with Crippen LogP contribution in [0.5, 0.6) is 0 Å². The molecule has 0 N–H and O–H groups in total. The number of rotatable bonds is 3. The van der Waals surface area contributed by atoms with E-state index in [9.17, 15) is 22.8 Å². The molecule has 1 amide bonds. The molecule has 1 aliphatic rings. The normalized spacial score (nSPS) is 20.9. The zero-order valence-electron chi connectivity index (χ0n) is 15.0. The van der Waals surface area contributed by atoms with Crippen LogP contribution in [0.15, 0.2) is 28.9 Å². The Morgan fingerprint density at radius 2 is 1.81 bits per heavy atom. The molecule has 1 fully saturated rings. The van der Waals surface area contributed by atoms with Gasteiger partial charge in [0.2, 0.25) is 5.91 Å². The molecular weight excluding hydrogens is 425 g/mol. The number of aromatic nitrogens is 1. The van der Waals surface area contributed by atoms with E-state index in [1.165, 1.54) is 10.6 Å². The smallest absolute Gasteiger partial charge is 0.337 e. The summed E-state index contributed by atoms with van der Waals surface area (Å²) in [6.45, 7) is 3.87. The third-order valence-electron chi connectivity index (χ3n) is 5.13. The van der Waals surface area contributed by atoms with E-state index in [1.54, 1.807) is 17.0 Å². The summed E-state index contributed by atoms with van der Waals surface area (Å²) in [7, 11) is 0. The van der Waals surface area contributed by atoms with Crippen LogP contribution in [0.25, 0.3) is 10.9 Å². The van der Waals surface area contributed by atoms with E-state index in [1.807, 2.05) is 13.8 Å². The molecule has 4 nitrogen and oxygen atoms in total. The van der Waals surface area contributed by atoms with Gasteiger partial charge in [0, 0.05) is 33.7 Å². The molecule has 27 heavy (non-hydrogen) atoms. The van der Waals surface area contributed by atoms with E-state index in [4.69, 9.17) is 0 Å². The first kappa shape index (κ1) is 19.9. The van der Waals surface area contributed by atoms with Crippen LogP contribution < -0.4 is 0 Å². The molecule has 2 aromatic rings. The number of benzene rings is 1. The molecule has 0 unspecified atom stereocenters. The van der Waals surface area contributed by atoms with Crippen LogP contribution in [-0.2, 0) is 11.3 Å². The highest BCUT2D eigenvalue weighted by atomic mass is 79.9. The van der Waals surface area contributed by atoms with Gasteiger partial charge in [0.25, 0.3) is 5.78 Å². The van der Waals surface area contributed by atoms with Crippen molar-refractivity contribution in [1.82, 2.24) is 9.47 Å². The van der Waals surface area contributed by atoms with Gasteiger partial charge in [-0.3, -0.25) is 9.59 Å². The van der Waals surface area contributed by atoms with Gasteiger partial charge < -0.3 is 9.47 Å². The second-order valence-corrected chi connectivity index (χ2v) is 8.00. The van der Waals surface area contributed by atoms with Crippen molar-refractivity contribution in [3.05, 3.63) is 34.4 Å². The van der Waals surface area contributed by atoms with Crippen LogP contribution in [0.4, 0.5) is 13.2 Å². The Balaban J connectivity index is 2.00. The number of alkyl halides is 3. The predicted octanol–water partition coefficient (Wildman–Crippen LogP) is 4.94. The Hall–Kier alpha value is -1.83. The number of fused-ring (bicyclic) bond motifs is 1. The summed E-state index contributed by atoms with van der Waals surface area (Å²) in [5.74, 6) is -2.06. The van der Waals surface area contributed by atoms with Crippen LogP contribution in [0.3, 0.4) is 0 Å². The molecule has 1 saturated heterocycles. The Labute approximate surface area is 163 Å². The van der Waals surface area contributed by atoms with Gasteiger partial charge in [-0.15, -0.1) is 0 Å². The maximum atomic E-state index is 13.0. The summed E-state index contributed by atoms with van der Waals surface area (Å²) in [5.41, 5.74) is -0.0113. The fourth-order valence-electron chi connectivity index (χ4n) is 3.87. The monoisotopic (exact) mass is 444 g/mol. The highest BCUT2D eigenvalue weighted by Crippen LogP contribution is 2.31. The van der Waals surface area contributed by atoms with E-state index in [0.29, 0.717) is 9.99 Å². The topological polar surface area (TPSA) is 42.3 Å². The number of nitrogens with zero attached hydrogens (tertiary/aromatic N) is 2. The number of amides is 1. The van der Waals surface area contributed by atoms with Crippen LogP contribution in [0.1, 0.15) is 43.5 Å². The molecule has 1 aromatic carbocycles. The lowest BCUT2D eigenvalue weighted by molar-refractivity contribution is -0.137. The average Bonchev–Trinajstić information content (AvgIpc) is 2.90. The van der Waals surface area contributed by atoms with Gasteiger partial charge in [-0.25, -0.2) is 0 Å². The molecule has 8 heteroatoms. The van der Waals surface area contributed by atoms with Gasteiger partial charge in [0.15, 0.2) is 0 Å². The number of hydrogen-bond acceptors (Lipinski definition) is 2. The van der Waals surface area contributed by atoms with E-state index in [2.05, 4.69) is 15.9 Å². The summed E-state index contributed by atoms with van der Waals surface area (Å²) < 4.78 is 41.0. The standard InChI is InChI=1S/C19H20BrF3N2O2/c1-11-4-3-5-12(2)25(11)17(26)10-24-9-15(18(27)19(21,22)23)14-8-13(20)6-7-16(14)24/h6-9,11-12H,3-5,10H2,1-2H3/t11-,12+. The number of carbonyl (C=O) groups is 2. The molecule has 1 aromatic heterocycles. The van der Waals surface area contributed by atoms with E-state index < -0.39 is 17.5 Å². The first-order valence-corrected chi connectivity index (χ1v) is 9.60. The third-order valence-corrected chi connectivity index (χ3v) is 5.63. The number of Topliss-reactive ketones (excluding diaryl/α,β-unsaturated/α-hetero) is 1. The Kier molecular flexibility index (Phi) is 5.38. The number of likely N-dealkylation sites (tertiary alicyclic amines) is 1. The molecule has 0 aliphatic carbocycles. The number of hydrogen-bond donors (Lipinski definition) is 0. The first-order chi connectivity index (χ1) is 12.6. The van der Waals surface area contributed by atoms with Crippen molar-refractivity contribution >= 4 is 38.5 Å². The van der Waals surface area contributed by atoms with E-state index >= 15 is 0 Å². The fourth-order valence-corrected chi connectivity index (χ4v) is 4.24. The maximum Gasteiger partial charge on any atom is 0.454 e. The highest BCUT2D eigenvalue weighted by molar-refractivity contribution is 9.10. The lowest BCUT2D eigenvalue weighted by Crippen LogP contribution is -2.48. The highest BCUT2D eigenvalue weighted by Gasteiger charge is 2.41. The largest absolute Gasteiger partial charge is 0.454 e. The zero-order chi connectivity index (χ0) is 19.9. The summed E-state index contributed by atoms with van der Waals surface area (Å²) in [4.78, 5) is 26.5. The Bertz CT molecular complexity index is 881. The number of ketones is 1. The lowest BCUT2D eigenvalue weighted by Gasteiger charge is -2.39. The predicted molar refractivity (Wildman–Crippen MR) is 99.6 cm³/mol. The molecule has 0 bridgehead atoms. The minimum Gasteiger partial charge on any atom is -0.337 e. The maximum absolute atomic E-state index is 13.0. The number of carbonyl (C=O) groups excluding carboxylic acids is 2. The summed E-state index contributed by atoms with van der Waals surface area (Å²) in [6.07, 6.45) is -0.956. The van der Waals surface area contributed by atoms with Crippen molar-refractivity contribution < 1.29 is 22.8 Å². The second kappa shape index (κ2) is 7.30. The SMILES string of the molecule is C[C@@H]1CCC[C@H](C)N1C(=O)Cn1cc(C(=O)C(F)(F)F)c2cc(Br)ccc21. The Morgan fingerprint density at radius 3 is 2.41 bits per heavy atom. The van der Waals surface area contributed by atoms with E-state index in [-0.39, 0.29) is 29.9 Å². The van der Waals surface area contributed by atoms with Crippen molar-refractivity contribution in [2.75, 3.05) is 0 Å². The minimum absolute atomic E-state index is 0.0912. The van der Waals surface area contributed by atoms with Gasteiger partial charge >= 0.3 is 6.18 Å². The molecule has 0 spiro atoms. The zero-order valence-corrected chi connectivity index (χ0v) is 16.6.